The van der Waals surface area contributed by atoms with Gasteiger partial charge in [-0.05, 0) is 25.5 Å². The highest BCUT2D eigenvalue weighted by atomic mass is 32.2. The second kappa shape index (κ2) is 5.10. The molecule has 0 bridgehead atoms. The molecule has 0 aliphatic rings. The van der Waals surface area contributed by atoms with Crippen LogP contribution in [0, 0.1) is 25.2 Å². The molecule has 0 spiro atoms. The summed E-state index contributed by atoms with van der Waals surface area (Å²) in [4.78, 5) is 15.3. The Balaban J connectivity index is 2.24. The number of rotatable bonds is 3. The maximum Gasteiger partial charge on any atom is 0.265 e. The molecule has 5 nitrogen and oxygen atoms in total. The summed E-state index contributed by atoms with van der Waals surface area (Å²) in [5, 5.41) is 15.1. The van der Waals surface area contributed by atoms with Gasteiger partial charge in [0.2, 0.25) is 0 Å². The van der Waals surface area contributed by atoms with Crippen molar-refractivity contribution in [1.29, 1.82) is 5.26 Å². The Labute approximate surface area is 108 Å². The first-order valence-corrected chi connectivity index (χ1v) is 6.36. The van der Waals surface area contributed by atoms with Crippen LogP contribution in [0.4, 0.5) is 0 Å². The SMILES string of the molecule is Cc1cc(C)c(C#N)c(CSc2cc(=O)[nH][nH]2)n1. The predicted octanol–water partition coefficient (Wildman–Crippen LogP) is 1.88. The van der Waals surface area contributed by atoms with Crippen molar-refractivity contribution >= 4 is 11.8 Å². The smallest absolute Gasteiger partial charge is 0.265 e. The number of nitriles is 1. The molecule has 0 saturated heterocycles. The van der Waals surface area contributed by atoms with Gasteiger partial charge in [0.05, 0.1) is 16.3 Å². The van der Waals surface area contributed by atoms with Gasteiger partial charge in [0.25, 0.3) is 5.56 Å². The van der Waals surface area contributed by atoms with Gasteiger partial charge < -0.3 is 0 Å². The van der Waals surface area contributed by atoms with E-state index in [9.17, 15) is 4.79 Å². The van der Waals surface area contributed by atoms with Crippen LogP contribution in [-0.2, 0) is 5.75 Å². The van der Waals surface area contributed by atoms with Crippen molar-refractivity contribution in [3.05, 3.63) is 45.0 Å². The second-order valence-electron chi connectivity index (χ2n) is 3.93. The average Bonchev–Trinajstić information content (AvgIpc) is 2.72. The molecule has 0 fully saturated rings. The number of aryl methyl sites for hydroxylation is 2. The predicted molar refractivity (Wildman–Crippen MR) is 69.4 cm³/mol. The van der Waals surface area contributed by atoms with Gasteiger partial charge in [0.1, 0.15) is 6.07 Å². The summed E-state index contributed by atoms with van der Waals surface area (Å²) in [6.45, 7) is 3.81. The summed E-state index contributed by atoms with van der Waals surface area (Å²) in [5.74, 6) is 0.555. The Morgan fingerprint density at radius 2 is 2.17 bits per heavy atom. The van der Waals surface area contributed by atoms with Crippen molar-refractivity contribution in [1.82, 2.24) is 15.2 Å². The number of nitrogens with zero attached hydrogens (tertiary/aromatic N) is 2. The zero-order valence-corrected chi connectivity index (χ0v) is 10.9. The van der Waals surface area contributed by atoms with E-state index in [1.807, 2.05) is 19.9 Å². The fourth-order valence-corrected chi connectivity index (χ4v) is 2.52. The van der Waals surface area contributed by atoms with Crippen LogP contribution in [0.25, 0.3) is 0 Å². The third kappa shape index (κ3) is 2.63. The molecule has 0 atom stereocenters. The van der Waals surface area contributed by atoms with Gasteiger partial charge in [-0.3, -0.25) is 20.0 Å². The largest absolute Gasteiger partial charge is 0.292 e. The minimum absolute atomic E-state index is 0.161. The normalized spacial score (nSPS) is 10.3. The van der Waals surface area contributed by atoms with E-state index in [4.69, 9.17) is 5.26 Å². The second-order valence-corrected chi connectivity index (χ2v) is 4.94. The first-order chi connectivity index (χ1) is 8.60. The molecule has 0 amide bonds. The number of aromatic nitrogens is 3. The van der Waals surface area contributed by atoms with Crippen LogP contribution in [0.2, 0.25) is 0 Å². The number of hydrogen-bond acceptors (Lipinski definition) is 4. The Morgan fingerprint density at radius 3 is 2.78 bits per heavy atom. The Kier molecular flexibility index (Phi) is 3.53. The highest BCUT2D eigenvalue weighted by molar-refractivity contribution is 7.98. The van der Waals surface area contributed by atoms with Gasteiger partial charge in [-0.2, -0.15) is 5.26 Å². The summed E-state index contributed by atoms with van der Waals surface area (Å²) >= 11 is 1.44. The highest BCUT2D eigenvalue weighted by Crippen LogP contribution is 2.22. The molecule has 18 heavy (non-hydrogen) atoms. The monoisotopic (exact) mass is 260 g/mol. The van der Waals surface area contributed by atoms with E-state index in [2.05, 4.69) is 21.3 Å². The van der Waals surface area contributed by atoms with Gasteiger partial charge in [0.15, 0.2) is 0 Å². The van der Waals surface area contributed by atoms with Crippen LogP contribution in [-0.4, -0.2) is 15.2 Å². The van der Waals surface area contributed by atoms with Gasteiger partial charge >= 0.3 is 0 Å². The average molecular weight is 260 g/mol. The summed E-state index contributed by atoms with van der Waals surface area (Å²) in [6, 6.07) is 5.56. The van der Waals surface area contributed by atoms with Crippen molar-refractivity contribution in [3.8, 4) is 6.07 Å². The summed E-state index contributed by atoms with van der Waals surface area (Å²) in [5.41, 5.74) is 3.03. The lowest BCUT2D eigenvalue weighted by molar-refractivity contribution is 0.983. The van der Waals surface area contributed by atoms with E-state index in [1.165, 1.54) is 17.8 Å². The standard InChI is InChI=1S/C12H12N4OS/c1-7-3-8(2)14-10(9(7)5-13)6-18-12-4-11(17)15-16-12/h3-4H,6H2,1-2H3,(H2,15,16,17). The first-order valence-electron chi connectivity index (χ1n) is 5.38. The molecule has 2 N–H and O–H groups in total. The van der Waals surface area contributed by atoms with E-state index in [0.717, 1.165) is 22.0 Å². The number of thioether (sulfide) groups is 1. The minimum Gasteiger partial charge on any atom is -0.292 e. The Hall–Kier alpha value is -2.00. The number of pyridine rings is 1. The van der Waals surface area contributed by atoms with E-state index < -0.39 is 0 Å². The summed E-state index contributed by atoms with van der Waals surface area (Å²) in [6.07, 6.45) is 0. The fraction of sp³-hybridized carbons (Fsp3) is 0.250. The lowest BCUT2D eigenvalue weighted by atomic mass is 10.1. The third-order valence-electron chi connectivity index (χ3n) is 2.47. The number of aromatic amines is 2. The molecule has 2 heterocycles. The highest BCUT2D eigenvalue weighted by Gasteiger charge is 2.09. The van der Waals surface area contributed by atoms with Gasteiger partial charge in [0, 0.05) is 17.5 Å². The molecule has 0 unspecified atom stereocenters. The van der Waals surface area contributed by atoms with Crippen molar-refractivity contribution < 1.29 is 0 Å². The van der Waals surface area contributed by atoms with Crippen LogP contribution >= 0.6 is 11.8 Å². The minimum atomic E-state index is -0.161. The molecule has 92 valence electrons. The number of hydrogen-bond donors (Lipinski definition) is 2. The molecule has 6 heteroatoms. The molecule has 0 aromatic carbocycles. The zero-order valence-electron chi connectivity index (χ0n) is 10.1. The number of H-pyrrole nitrogens is 2. The number of nitrogens with one attached hydrogen (secondary N) is 2. The van der Waals surface area contributed by atoms with Crippen LogP contribution in [0.1, 0.15) is 22.5 Å². The van der Waals surface area contributed by atoms with Crippen LogP contribution in [0.3, 0.4) is 0 Å². The quantitative estimate of drug-likeness (QED) is 0.825. The maximum absolute atomic E-state index is 11.0. The van der Waals surface area contributed by atoms with Gasteiger partial charge in [-0.1, -0.05) is 0 Å². The van der Waals surface area contributed by atoms with Crippen molar-refractivity contribution in [2.24, 2.45) is 0 Å². The lowest BCUT2D eigenvalue weighted by Gasteiger charge is -2.06. The third-order valence-corrected chi connectivity index (χ3v) is 3.42. The van der Waals surface area contributed by atoms with Crippen molar-refractivity contribution in [2.45, 2.75) is 24.6 Å². The molecule has 0 saturated carbocycles. The Morgan fingerprint density at radius 1 is 1.39 bits per heavy atom. The van der Waals surface area contributed by atoms with E-state index in [0.29, 0.717) is 11.3 Å². The van der Waals surface area contributed by atoms with Crippen LogP contribution in [0.5, 0.6) is 0 Å². The Bertz CT molecular complexity index is 665. The van der Waals surface area contributed by atoms with Crippen molar-refractivity contribution in [2.75, 3.05) is 0 Å². The molecule has 0 aliphatic heterocycles. The maximum atomic E-state index is 11.0. The molecular formula is C12H12N4OS. The van der Waals surface area contributed by atoms with E-state index in [-0.39, 0.29) is 5.56 Å². The first kappa shape index (κ1) is 12.5. The molecule has 0 radical (unpaired) electrons. The molecule has 2 aromatic rings. The summed E-state index contributed by atoms with van der Waals surface area (Å²) < 4.78 is 0. The van der Waals surface area contributed by atoms with Crippen molar-refractivity contribution in [3.63, 3.8) is 0 Å². The molecular weight excluding hydrogens is 248 g/mol. The zero-order chi connectivity index (χ0) is 13.1. The topological polar surface area (TPSA) is 85.3 Å². The van der Waals surface area contributed by atoms with Crippen LogP contribution < -0.4 is 5.56 Å². The fourth-order valence-electron chi connectivity index (χ4n) is 1.71. The van der Waals surface area contributed by atoms with Crippen LogP contribution in [0.15, 0.2) is 22.0 Å². The molecule has 2 rings (SSSR count). The molecule has 0 aliphatic carbocycles. The van der Waals surface area contributed by atoms with Gasteiger partial charge in [-0.25, -0.2) is 0 Å². The van der Waals surface area contributed by atoms with E-state index >= 15 is 0 Å². The molecule has 2 aromatic heterocycles. The summed E-state index contributed by atoms with van der Waals surface area (Å²) in [7, 11) is 0. The lowest BCUT2D eigenvalue weighted by Crippen LogP contribution is -1.98. The van der Waals surface area contributed by atoms with E-state index in [1.54, 1.807) is 0 Å². The van der Waals surface area contributed by atoms with Gasteiger partial charge in [-0.15, -0.1) is 11.8 Å².